The lowest BCUT2D eigenvalue weighted by Crippen LogP contribution is -2.35. The van der Waals surface area contributed by atoms with Crippen LogP contribution in [0.25, 0.3) is 0 Å². The Bertz CT molecular complexity index is 721. The average Bonchev–Trinajstić information content (AvgIpc) is 2.75. The molecule has 0 saturated carbocycles. The summed E-state index contributed by atoms with van der Waals surface area (Å²) in [6.07, 6.45) is 14.4. The molecule has 33 heavy (non-hydrogen) atoms. The zero-order valence-corrected chi connectivity index (χ0v) is 23.6. The van der Waals surface area contributed by atoms with Gasteiger partial charge in [-0.15, -0.1) is 0 Å². The number of benzene rings is 2. The maximum atomic E-state index is 5.52. The Hall–Kier alpha value is -1.00. The minimum atomic E-state index is -2.72. The van der Waals surface area contributed by atoms with Crippen LogP contribution in [0, 0.1) is 0 Å². The topological polar surface area (TPSA) is 18.5 Å². The number of hydrogen-bond donors (Lipinski definition) is 0. The summed E-state index contributed by atoms with van der Waals surface area (Å²) < 4.78 is 12.2. The standard InChI is InChI=1S/C15H34N.C12H11O2PS2/c1-5-6-7-8-9-10-11-12-13-14-15-16(2,3)4;16-15(17,13-11-7-3-1-4-8-11)14-12-9-5-2-6-10-12/h5-15H2,1-4H3;1-10H,(H,16,17)/q+1;/p-1. The van der Waals surface area contributed by atoms with Crippen molar-refractivity contribution in [3.05, 3.63) is 60.7 Å². The molecule has 0 fully saturated rings. The van der Waals surface area contributed by atoms with Crippen molar-refractivity contribution in [3.8, 4) is 11.5 Å². The first-order valence-electron chi connectivity index (χ1n) is 12.3. The van der Waals surface area contributed by atoms with Gasteiger partial charge in [0, 0.05) is 0 Å². The van der Waals surface area contributed by atoms with Gasteiger partial charge in [0.2, 0.25) is 0 Å². The van der Waals surface area contributed by atoms with Gasteiger partial charge in [-0.05, 0) is 48.9 Å². The van der Waals surface area contributed by atoms with Gasteiger partial charge in [-0.3, -0.25) is 0 Å². The van der Waals surface area contributed by atoms with Crippen molar-refractivity contribution in [2.24, 2.45) is 0 Å². The minimum Gasteiger partial charge on any atom is -0.665 e. The van der Waals surface area contributed by atoms with E-state index in [2.05, 4.69) is 28.1 Å². The van der Waals surface area contributed by atoms with E-state index in [-0.39, 0.29) is 0 Å². The highest BCUT2D eigenvalue weighted by Crippen LogP contribution is 2.46. The van der Waals surface area contributed by atoms with Crippen LogP contribution in [0.5, 0.6) is 11.5 Å². The van der Waals surface area contributed by atoms with E-state index in [1.807, 2.05) is 60.7 Å². The molecule has 0 spiro atoms. The highest BCUT2D eigenvalue weighted by molar-refractivity contribution is 8.51. The minimum absolute atomic E-state index is 0.641. The highest BCUT2D eigenvalue weighted by Gasteiger charge is 2.06. The Kier molecular flexibility index (Phi) is 15.9. The Labute approximate surface area is 213 Å². The Morgan fingerprint density at radius 3 is 1.39 bits per heavy atom. The molecule has 0 unspecified atom stereocenters. The predicted octanol–water partition coefficient (Wildman–Crippen LogP) is 8.53. The molecule has 0 bridgehead atoms. The van der Waals surface area contributed by atoms with E-state index >= 15 is 0 Å². The molecule has 0 N–H and O–H groups in total. The van der Waals surface area contributed by atoms with Crippen LogP contribution in [-0.2, 0) is 24.1 Å². The molecule has 0 aliphatic carbocycles. The zero-order chi connectivity index (χ0) is 24.4. The molecule has 0 aliphatic rings. The number of para-hydroxylation sites is 2. The van der Waals surface area contributed by atoms with Gasteiger partial charge >= 0.3 is 0 Å². The molecule has 0 radical (unpaired) electrons. The van der Waals surface area contributed by atoms with Crippen LogP contribution in [0.4, 0.5) is 0 Å². The smallest absolute Gasteiger partial charge is 0.156 e. The van der Waals surface area contributed by atoms with Gasteiger partial charge in [-0.1, -0.05) is 94.7 Å². The highest BCUT2D eigenvalue weighted by atomic mass is 32.9. The normalized spacial score (nSPS) is 11.4. The summed E-state index contributed by atoms with van der Waals surface area (Å²) >= 11 is 10.4. The van der Waals surface area contributed by atoms with Crippen molar-refractivity contribution in [3.63, 3.8) is 0 Å². The van der Waals surface area contributed by atoms with E-state index in [0.29, 0.717) is 11.5 Å². The molecule has 186 valence electrons. The molecule has 2 rings (SSSR count). The van der Waals surface area contributed by atoms with Gasteiger partial charge in [0.25, 0.3) is 0 Å². The van der Waals surface area contributed by atoms with E-state index < -0.39 is 5.69 Å². The van der Waals surface area contributed by atoms with Crippen molar-refractivity contribution >= 4 is 29.7 Å². The fourth-order valence-corrected chi connectivity index (χ4v) is 5.14. The molecule has 3 nitrogen and oxygen atoms in total. The quantitative estimate of drug-likeness (QED) is 0.104. The molecule has 0 atom stereocenters. The van der Waals surface area contributed by atoms with Crippen molar-refractivity contribution in [2.75, 3.05) is 27.7 Å². The first kappa shape index (κ1) is 30.0. The second-order valence-electron chi connectivity index (χ2n) is 9.45. The number of quaternary nitrogens is 1. The fourth-order valence-electron chi connectivity index (χ4n) is 3.31. The van der Waals surface area contributed by atoms with Crippen LogP contribution < -0.4 is 9.05 Å². The monoisotopic (exact) mass is 509 g/mol. The van der Waals surface area contributed by atoms with E-state index in [4.69, 9.17) is 33.1 Å². The number of nitrogens with zero attached hydrogens (tertiary/aromatic N) is 1. The van der Waals surface area contributed by atoms with Crippen LogP contribution in [-0.4, -0.2) is 32.2 Å². The maximum absolute atomic E-state index is 5.52. The summed E-state index contributed by atoms with van der Waals surface area (Å²) in [7, 11) is 6.86. The van der Waals surface area contributed by atoms with Gasteiger partial charge in [0.1, 0.15) is 11.5 Å². The Morgan fingerprint density at radius 2 is 1.03 bits per heavy atom. The molecule has 0 heterocycles. The molecule has 0 saturated heterocycles. The molecule has 2 aromatic carbocycles. The summed E-state index contributed by atoms with van der Waals surface area (Å²) in [5, 5.41) is 0. The average molecular weight is 510 g/mol. The van der Waals surface area contributed by atoms with Crippen LogP contribution in [0.2, 0.25) is 0 Å². The lowest BCUT2D eigenvalue weighted by atomic mass is 10.1. The summed E-state index contributed by atoms with van der Waals surface area (Å²) in [5.74, 6) is 1.28. The number of rotatable bonds is 15. The lowest BCUT2D eigenvalue weighted by Gasteiger charge is -2.29. The molecular formula is C27H44NO2PS2. The fraction of sp³-hybridized carbons (Fsp3) is 0.556. The van der Waals surface area contributed by atoms with Gasteiger partial charge in [-0.2, -0.15) is 0 Å². The zero-order valence-electron chi connectivity index (χ0n) is 21.1. The molecule has 6 heteroatoms. The SMILES string of the molecule is CCCCCCCCCCCC[N+](C)(C)C.S=P([S-])(Oc1ccccc1)Oc1ccccc1. The predicted molar refractivity (Wildman–Crippen MR) is 151 cm³/mol. The van der Waals surface area contributed by atoms with E-state index in [9.17, 15) is 0 Å². The van der Waals surface area contributed by atoms with Crippen LogP contribution in [0.3, 0.4) is 0 Å². The van der Waals surface area contributed by atoms with E-state index in [0.717, 1.165) is 4.48 Å². The van der Waals surface area contributed by atoms with Crippen LogP contribution in [0.1, 0.15) is 71.1 Å². The molecule has 0 aromatic heterocycles. The van der Waals surface area contributed by atoms with Crippen molar-refractivity contribution in [1.82, 2.24) is 0 Å². The van der Waals surface area contributed by atoms with Gasteiger partial charge in [0.05, 0.1) is 27.7 Å². The molecule has 2 aromatic rings. The second-order valence-corrected chi connectivity index (χ2v) is 14.3. The summed E-state index contributed by atoms with van der Waals surface area (Å²) in [6, 6.07) is 18.5. The number of unbranched alkanes of at least 4 members (excludes halogenated alkanes) is 9. The van der Waals surface area contributed by atoms with Crippen molar-refractivity contribution in [2.45, 2.75) is 71.1 Å². The lowest BCUT2D eigenvalue weighted by molar-refractivity contribution is -0.870. The third kappa shape index (κ3) is 18.1. The molecular weight excluding hydrogens is 465 g/mol. The number of hydrogen-bond acceptors (Lipinski definition) is 4. The Morgan fingerprint density at radius 1 is 0.667 bits per heavy atom. The summed E-state index contributed by atoms with van der Waals surface area (Å²) in [4.78, 5) is 0. The van der Waals surface area contributed by atoms with Gasteiger partial charge < -0.3 is 25.8 Å². The Balaban J connectivity index is 0.000000331. The largest absolute Gasteiger partial charge is 0.665 e. The van der Waals surface area contributed by atoms with Gasteiger partial charge in [-0.25, -0.2) is 0 Å². The third-order valence-electron chi connectivity index (χ3n) is 5.10. The van der Waals surface area contributed by atoms with E-state index in [1.54, 1.807) is 0 Å². The molecule has 0 aliphatic heterocycles. The van der Waals surface area contributed by atoms with Crippen LogP contribution in [0.15, 0.2) is 60.7 Å². The summed E-state index contributed by atoms with van der Waals surface area (Å²) in [6.45, 7) is 3.62. The van der Waals surface area contributed by atoms with Crippen LogP contribution >= 0.6 is 5.69 Å². The van der Waals surface area contributed by atoms with Gasteiger partial charge in [0.15, 0.2) is 5.69 Å². The maximum Gasteiger partial charge on any atom is 0.156 e. The third-order valence-corrected chi connectivity index (χ3v) is 6.87. The second kappa shape index (κ2) is 17.4. The molecule has 0 amide bonds. The van der Waals surface area contributed by atoms with E-state index in [1.165, 1.54) is 70.8 Å². The summed E-state index contributed by atoms with van der Waals surface area (Å²) in [5.41, 5.74) is -2.72. The van der Waals surface area contributed by atoms with Crippen molar-refractivity contribution < 1.29 is 13.5 Å². The first-order chi connectivity index (χ1) is 15.7. The first-order valence-corrected chi connectivity index (χ1v) is 16.0. The van der Waals surface area contributed by atoms with Crippen molar-refractivity contribution in [1.29, 1.82) is 0 Å².